The molecule has 0 amide bonds. The highest BCUT2D eigenvalue weighted by molar-refractivity contribution is 6.06. The quantitative estimate of drug-likeness (QED) is 0.610. The lowest BCUT2D eigenvalue weighted by Crippen LogP contribution is -2.32. The smallest absolute Gasteiger partial charge is 0.298 e. The number of carbonyl (C=O) groups is 1. The Morgan fingerprint density at radius 3 is 1.64 bits per heavy atom. The summed E-state index contributed by atoms with van der Waals surface area (Å²) in [4.78, 5) is 11.8. The fourth-order valence-electron chi connectivity index (χ4n) is 2.33. The van der Waals surface area contributed by atoms with Crippen LogP contribution in [0.25, 0.3) is 0 Å². The molecule has 0 aliphatic heterocycles. The zero-order valence-corrected chi connectivity index (χ0v) is 12.1. The molecule has 0 bridgehead atoms. The van der Waals surface area contributed by atoms with E-state index >= 15 is 0 Å². The van der Waals surface area contributed by atoms with E-state index in [1.54, 1.807) is 0 Å². The van der Waals surface area contributed by atoms with Gasteiger partial charge >= 0.3 is 0 Å². The van der Waals surface area contributed by atoms with Gasteiger partial charge in [0.15, 0.2) is 0 Å². The minimum Gasteiger partial charge on any atom is -0.528 e. The van der Waals surface area contributed by atoms with Gasteiger partial charge in [-0.05, 0) is 19.3 Å². The van der Waals surface area contributed by atoms with E-state index < -0.39 is 0 Å². The Morgan fingerprint density at radius 2 is 1.43 bits per heavy atom. The summed E-state index contributed by atoms with van der Waals surface area (Å²) in [5.41, 5.74) is -0.167. The van der Waals surface area contributed by atoms with E-state index in [0.29, 0.717) is 10.5 Å². The van der Waals surface area contributed by atoms with Crippen molar-refractivity contribution in [1.29, 1.82) is 0 Å². The van der Waals surface area contributed by atoms with Gasteiger partial charge < -0.3 is 4.43 Å². The molecule has 0 aliphatic rings. The molecule has 0 aromatic carbocycles. The SMILES string of the molecule is CCCC(CCC)(CCC)C(=O)O[SiH3]. The molecule has 0 heterocycles. The first kappa shape index (κ1) is 13.7. The van der Waals surface area contributed by atoms with Crippen LogP contribution < -0.4 is 0 Å². The van der Waals surface area contributed by atoms with Crippen LogP contribution >= 0.6 is 0 Å². The molecule has 0 aromatic rings. The second-order valence-electron chi connectivity index (χ2n) is 4.02. The van der Waals surface area contributed by atoms with Crippen LogP contribution in [-0.2, 0) is 9.22 Å². The summed E-state index contributed by atoms with van der Waals surface area (Å²) in [6.45, 7) is 6.42. The summed E-state index contributed by atoms with van der Waals surface area (Å²) >= 11 is 0. The van der Waals surface area contributed by atoms with Gasteiger partial charge in [-0.2, -0.15) is 0 Å². The lowest BCUT2D eigenvalue weighted by Gasteiger charge is -2.30. The van der Waals surface area contributed by atoms with Gasteiger partial charge in [0.05, 0.1) is 5.41 Å². The molecule has 0 N–H and O–H groups in total. The molecule has 2 nitrogen and oxygen atoms in total. The molecule has 14 heavy (non-hydrogen) atoms. The maximum absolute atomic E-state index is 11.8. The van der Waals surface area contributed by atoms with Gasteiger partial charge in [0.1, 0.15) is 0 Å². The van der Waals surface area contributed by atoms with Crippen molar-refractivity contribution in [2.75, 3.05) is 0 Å². The maximum atomic E-state index is 11.8. The van der Waals surface area contributed by atoms with Crippen LogP contribution in [0, 0.1) is 5.41 Å². The predicted octanol–water partition coefficient (Wildman–Crippen LogP) is 2.20. The van der Waals surface area contributed by atoms with Crippen LogP contribution in [-0.4, -0.2) is 16.5 Å². The van der Waals surface area contributed by atoms with Crippen molar-refractivity contribution in [3.63, 3.8) is 0 Å². The maximum Gasteiger partial charge on any atom is 0.298 e. The Labute approximate surface area is 91.0 Å². The Bertz CT molecular complexity index is 152. The Kier molecular flexibility index (Phi) is 6.88. The van der Waals surface area contributed by atoms with E-state index in [4.69, 9.17) is 4.43 Å². The van der Waals surface area contributed by atoms with Crippen LogP contribution in [0.5, 0.6) is 0 Å². The van der Waals surface area contributed by atoms with Crippen molar-refractivity contribution in [3.05, 3.63) is 0 Å². The van der Waals surface area contributed by atoms with Crippen molar-refractivity contribution in [3.8, 4) is 0 Å². The number of hydrogen-bond acceptors (Lipinski definition) is 2. The number of carbonyl (C=O) groups excluding carboxylic acids is 1. The monoisotopic (exact) mass is 216 g/mol. The van der Waals surface area contributed by atoms with E-state index in [9.17, 15) is 4.79 Å². The molecular weight excluding hydrogens is 192 g/mol. The molecular formula is C11H24O2Si. The van der Waals surface area contributed by atoms with E-state index in [-0.39, 0.29) is 11.4 Å². The second-order valence-corrected chi connectivity index (χ2v) is 4.43. The molecule has 3 heteroatoms. The van der Waals surface area contributed by atoms with Crippen LogP contribution in [0.4, 0.5) is 0 Å². The molecule has 0 unspecified atom stereocenters. The van der Waals surface area contributed by atoms with Gasteiger partial charge in [-0.1, -0.05) is 40.0 Å². The Morgan fingerprint density at radius 1 is 1.07 bits per heavy atom. The standard InChI is InChI=1S/C11H24O2Si/c1-4-7-11(8-5-2,9-6-3)10(12)13-14/h4-9H2,1-3,14H3. The van der Waals surface area contributed by atoms with Crippen molar-refractivity contribution in [2.24, 2.45) is 5.41 Å². The molecule has 0 fully saturated rings. The summed E-state index contributed by atoms with van der Waals surface area (Å²) in [5.74, 6) is 0.0507. The summed E-state index contributed by atoms with van der Waals surface area (Å²) in [5, 5.41) is 0. The van der Waals surface area contributed by atoms with Gasteiger partial charge in [0.2, 0.25) is 10.5 Å². The fourth-order valence-corrected chi connectivity index (χ4v) is 2.77. The predicted molar refractivity (Wildman–Crippen MR) is 63.2 cm³/mol. The zero-order valence-electron chi connectivity index (χ0n) is 10.1. The lowest BCUT2D eigenvalue weighted by molar-refractivity contribution is -0.147. The molecule has 0 radical (unpaired) electrons. The van der Waals surface area contributed by atoms with Crippen molar-refractivity contribution in [2.45, 2.75) is 59.3 Å². The first-order chi connectivity index (χ1) is 6.66. The lowest BCUT2D eigenvalue weighted by atomic mass is 9.76. The van der Waals surface area contributed by atoms with Crippen molar-refractivity contribution < 1.29 is 9.22 Å². The average molecular weight is 216 g/mol. The number of hydrogen-bond donors (Lipinski definition) is 0. The Hall–Kier alpha value is -0.313. The highest BCUT2D eigenvalue weighted by Crippen LogP contribution is 2.36. The van der Waals surface area contributed by atoms with Crippen LogP contribution in [0.2, 0.25) is 0 Å². The summed E-state index contributed by atoms with van der Waals surface area (Å²) in [6, 6.07) is 0. The molecule has 0 spiro atoms. The molecule has 84 valence electrons. The Balaban J connectivity index is 4.62. The van der Waals surface area contributed by atoms with E-state index in [1.165, 1.54) is 0 Å². The van der Waals surface area contributed by atoms with Crippen LogP contribution in [0.1, 0.15) is 59.3 Å². The molecule has 0 aliphatic carbocycles. The highest BCUT2D eigenvalue weighted by atomic mass is 28.2. The van der Waals surface area contributed by atoms with E-state index in [0.717, 1.165) is 38.5 Å². The van der Waals surface area contributed by atoms with Gasteiger partial charge in [-0.25, -0.2) is 0 Å². The van der Waals surface area contributed by atoms with Crippen molar-refractivity contribution in [1.82, 2.24) is 0 Å². The third-order valence-electron chi connectivity index (χ3n) is 2.80. The second kappa shape index (κ2) is 7.04. The summed E-state index contributed by atoms with van der Waals surface area (Å²) in [7, 11) is 0.525. The molecule has 0 rings (SSSR count). The summed E-state index contributed by atoms with van der Waals surface area (Å²) in [6.07, 6.45) is 6.14. The van der Waals surface area contributed by atoms with Crippen LogP contribution in [0.3, 0.4) is 0 Å². The molecule has 0 aromatic heterocycles. The van der Waals surface area contributed by atoms with Gasteiger partial charge in [0, 0.05) is 0 Å². The van der Waals surface area contributed by atoms with E-state index in [1.807, 2.05) is 0 Å². The third-order valence-corrected chi connectivity index (χ3v) is 3.17. The number of rotatable bonds is 7. The van der Waals surface area contributed by atoms with Gasteiger partial charge in [0.25, 0.3) is 5.97 Å². The van der Waals surface area contributed by atoms with Crippen molar-refractivity contribution >= 4 is 16.5 Å². The normalized spacial score (nSPS) is 11.6. The fraction of sp³-hybridized carbons (Fsp3) is 0.909. The van der Waals surface area contributed by atoms with Gasteiger partial charge in [-0.3, -0.25) is 4.79 Å². The molecule has 0 saturated heterocycles. The van der Waals surface area contributed by atoms with Gasteiger partial charge in [-0.15, -0.1) is 0 Å². The average Bonchev–Trinajstić information content (AvgIpc) is 2.17. The zero-order chi connectivity index (χ0) is 11.0. The summed E-state index contributed by atoms with van der Waals surface area (Å²) < 4.78 is 5.07. The largest absolute Gasteiger partial charge is 0.528 e. The minimum absolute atomic E-state index is 0.0507. The topological polar surface area (TPSA) is 26.3 Å². The molecule has 0 saturated carbocycles. The van der Waals surface area contributed by atoms with E-state index in [2.05, 4.69) is 20.8 Å². The first-order valence-corrected chi connectivity index (χ1v) is 6.56. The highest BCUT2D eigenvalue weighted by Gasteiger charge is 2.36. The first-order valence-electron chi connectivity index (χ1n) is 5.75. The van der Waals surface area contributed by atoms with Crippen LogP contribution in [0.15, 0.2) is 0 Å². The molecule has 0 atom stereocenters. The third kappa shape index (κ3) is 3.44. The minimum atomic E-state index is -0.167.